The van der Waals surface area contributed by atoms with Crippen molar-refractivity contribution in [2.24, 2.45) is 0 Å². The molecule has 0 unspecified atom stereocenters. The van der Waals surface area contributed by atoms with Crippen molar-refractivity contribution in [1.82, 2.24) is 5.32 Å². The smallest absolute Gasteiger partial charge is 0.292 e. The highest BCUT2D eigenvalue weighted by atomic mass is 35.5. The Kier molecular flexibility index (Phi) is 6.59. The van der Waals surface area contributed by atoms with Gasteiger partial charge in [-0.25, -0.2) is 0 Å². The molecule has 0 aliphatic carbocycles. The molecule has 0 aromatic heterocycles. The zero-order valence-electron chi connectivity index (χ0n) is 13.6. The van der Waals surface area contributed by atoms with E-state index in [0.29, 0.717) is 29.5 Å². The maximum absolute atomic E-state index is 12.0. The van der Waals surface area contributed by atoms with Crippen LogP contribution in [0.25, 0.3) is 0 Å². The number of carbonyl (C=O) groups is 1. The molecule has 1 amide bonds. The van der Waals surface area contributed by atoms with Crippen molar-refractivity contribution in [1.29, 1.82) is 0 Å². The zero-order valence-corrected chi connectivity index (χ0v) is 14.3. The molecule has 132 valence electrons. The van der Waals surface area contributed by atoms with Crippen molar-refractivity contribution in [3.8, 4) is 5.75 Å². The summed E-state index contributed by atoms with van der Waals surface area (Å²) in [5.74, 6) is 0.268. The number of amides is 1. The van der Waals surface area contributed by atoms with Gasteiger partial charge in [0.05, 0.1) is 4.92 Å². The van der Waals surface area contributed by atoms with Gasteiger partial charge in [-0.15, -0.1) is 0 Å². The van der Waals surface area contributed by atoms with Gasteiger partial charge in [-0.05, 0) is 37.3 Å². The normalized spacial score (nSPS) is 11.4. The van der Waals surface area contributed by atoms with Crippen LogP contribution in [0.4, 0.5) is 11.4 Å². The third-order valence-corrected chi connectivity index (χ3v) is 3.59. The molecule has 0 bridgehead atoms. The third kappa shape index (κ3) is 5.65. The first-order chi connectivity index (χ1) is 12.0. The van der Waals surface area contributed by atoms with Gasteiger partial charge < -0.3 is 15.4 Å². The van der Waals surface area contributed by atoms with Crippen LogP contribution in [0.1, 0.15) is 6.92 Å². The van der Waals surface area contributed by atoms with Gasteiger partial charge >= 0.3 is 0 Å². The predicted octanol–water partition coefficient (Wildman–Crippen LogP) is 3.24. The lowest BCUT2D eigenvalue weighted by molar-refractivity contribution is -0.384. The minimum atomic E-state index is -0.674. The summed E-state index contributed by atoms with van der Waals surface area (Å²) < 4.78 is 5.52. The van der Waals surface area contributed by atoms with Gasteiger partial charge in [-0.2, -0.15) is 0 Å². The van der Waals surface area contributed by atoms with Crippen LogP contribution in [0.5, 0.6) is 5.75 Å². The predicted molar refractivity (Wildman–Crippen MR) is 96.1 cm³/mol. The second-order valence-electron chi connectivity index (χ2n) is 5.21. The maximum Gasteiger partial charge on any atom is 0.292 e. The van der Waals surface area contributed by atoms with E-state index < -0.39 is 11.0 Å². The highest BCUT2D eigenvalue weighted by molar-refractivity contribution is 6.30. The molecule has 8 heteroatoms. The summed E-state index contributed by atoms with van der Waals surface area (Å²) in [6.07, 6.45) is -0.674. The summed E-state index contributed by atoms with van der Waals surface area (Å²) >= 11 is 5.79. The first kappa shape index (κ1) is 18.5. The summed E-state index contributed by atoms with van der Waals surface area (Å²) in [5, 5.41) is 17.1. The topological polar surface area (TPSA) is 93.5 Å². The molecule has 0 saturated heterocycles. The Morgan fingerprint density at radius 2 is 1.88 bits per heavy atom. The van der Waals surface area contributed by atoms with Crippen molar-refractivity contribution < 1.29 is 14.5 Å². The van der Waals surface area contributed by atoms with E-state index in [4.69, 9.17) is 16.3 Å². The first-order valence-electron chi connectivity index (χ1n) is 7.64. The zero-order chi connectivity index (χ0) is 18.2. The minimum Gasteiger partial charge on any atom is -0.481 e. The average molecular weight is 364 g/mol. The largest absolute Gasteiger partial charge is 0.481 e. The highest BCUT2D eigenvalue weighted by Crippen LogP contribution is 2.22. The SMILES string of the molecule is C[C@H](Oc1ccc(Cl)cc1)C(=O)NCCNc1ccccc1[N+](=O)[O-]. The molecular formula is C17H18ClN3O4. The van der Waals surface area contributed by atoms with E-state index >= 15 is 0 Å². The van der Waals surface area contributed by atoms with Crippen molar-refractivity contribution in [3.05, 3.63) is 63.7 Å². The number of rotatable bonds is 8. The van der Waals surface area contributed by atoms with Gasteiger partial charge in [-0.3, -0.25) is 14.9 Å². The molecule has 0 saturated carbocycles. The number of benzene rings is 2. The van der Waals surface area contributed by atoms with Gasteiger partial charge in [0.25, 0.3) is 11.6 Å². The van der Waals surface area contributed by atoms with Crippen molar-refractivity contribution in [3.63, 3.8) is 0 Å². The van der Waals surface area contributed by atoms with E-state index in [0.717, 1.165) is 0 Å². The van der Waals surface area contributed by atoms with E-state index in [2.05, 4.69) is 10.6 Å². The summed E-state index contributed by atoms with van der Waals surface area (Å²) in [7, 11) is 0. The molecule has 0 radical (unpaired) electrons. The summed E-state index contributed by atoms with van der Waals surface area (Å²) in [6, 6.07) is 13.1. The minimum absolute atomic E-state index is 0.00623. The number of carbonyl (C=O) groups excluding carboxylic acids is 1. The Morgan fingerprint density at radius 1 is 1.20 bits per heavy atom. The molecule has 0 heterocycles. The van der Waals surface area contributed by atoms with E-state index in [-0.39, 0.29) is 11.6 Å². The number of anilines is 1. The molecule has 0 aliphatic heterocycles. The summed E-state index contributed by atoms with van der Waals surface area (Å²) in [5.41, 5.74) is 0.403. The molecule has 0 fully saturated rings. The van der Waals surface area contributed by atoms with E-state index in [1.165, 1.54) is 6.07 Å². The Hall–Kier alpha value is -2.80. The van der Waals surface area contributed by atoms with Gasteiger partial charge in [0.2, 0.25) is 0 Å². The molecule has 0 aliphatic rings. The molecule has 1 atom stereocenters. The van der Waals surface area contributed by atoms with Crippen molar-refractivity contribution >= 4 is 28.9 Å². The second-order valence-corrected chi connectivity index (χ2v) is 5.64. The monoisotopic (exact) mass is 363 g/mol. The fraction of sp³-hybridized carbons (Fsp3) is 0.235. The quantitative estimate of drug-likeness (QED) is 0.426. The molecule has 7 nitrogen and oxygen atoms in total. The lowest BCUT2D eigenvalue weighted by atomic mass is 10.2. The standard InChI is InChI=1S/C17H18ClN3O4/c1-12(25-14-8-6-13(18)7-9-14)17(22)20-11-10-19-15-4-2-3-5-16(15)21(23)24/h2-9,12,19H,10-11H2,1H3,(H,20,22)/t12-/m0/s1. The second kappa shape index (κ2) is 8.89. The Bertz CT molecular complexity index is 737. The number of nitro benzene ring substituents is 1. The van der Waals surface area contributed by atoms with Crippen LogP contribution in [0.2, 0.25) is 5.02 Å². The van der Waals surface area contributed by atoms with Crippen molar-refractivity contribution in [2.75, 3.05) is 18.4 Å². The number of hydrogen-bond acceptors (Lipinski definition) is 5. The number of ether oxygens (including phenoxy) is 1. The Morgan fingerprint density at radius 3 is 2.56 bits per heavy atom. The van der Waals surface area contributed by atoms with Gasteiger partial charge in [-0.1, -0.05) is 23.7 Å². The van der Waals surface area contributed by atoms with Crippen LogP contribution in [-0.2, 0) is 4.79 Å². The fourth-order valence-electron chi connectivity index (χ4n) is 2.08. The average Bonchev–Trinajstić information content (AvgIpc) is 2.60. The maximum atomic E-state index is 12.0. The third-order valence-electron chi connectivity index (χ3n) is 3.34. The molecule has 2 aromatic rings. The lowest BCUT2D eigenvalue weighted by Crippen LogP contribution is -2.38. The number of para-hydroxylation sites is 2. The van der Waals surface area contributed by atoms with Crippen LogP contribution < -0.4 is 15.4 Å². The molecular weight excluding hydrogens is 346 g/mol. The first-order valence-corrected chi connectivity index (χ1v) is 8.02. The lowest BCUT2D eigenvalue weighted by Gasteiger charge is -2.15. The summed E-state index contributed by atoms with van der Waals surface area (Å²) in [4.78, 5) is 22.5. The van der Waals surface area contributed by atoms with Crippen LogP contribution in [0, 0.1) is 10.1 Å². The van der Waals surface area contributed by atoms with Crippen LogP contribution in [-0.4, -0.2) is 30.0 Å². The van der Waals surface area contributed by atoms with Gasteiger partial charge in [0.1, 0.15) is 11.4 Å². The highest BCUT2D eigenvalue weighted by Gasteiger charge is 2.15. The number of halogens is 1. The molecule has 2 N–H and O–H groups in total. The summed E-state index contributed by atoms with van der Waals surface area (Å²) in [6.45, 7) is 2.29. The number of nitrogens with one attached hydrogen (secondary N) is 2. The fourth-order valence-corrected chi connectivity index (χ4v) is 2.21. The van der Waals surface area contributed by atoms with Crippen LogP contribution in [0.3, 0.4) is 0 Å². The van der Waals surface area contributed by atoms with Gasteiger partial charge in [0.15, 0.2) is 6.10 Å². The number of hydrogen-bond donors (Lipinski definition) is 2. The Labute approximate surface area is 150 Å². The van der Waals surface area contributed by atoms with Crippen LogP contribution >= 0.6 is 11.6 Å². The van der Waals surface area contributed by atoms with Crippen LogP contribution in [0.15, 0.2) is 48.5 Å². The van der Waals surface area contributed by atoms with Crippen molar-refractivity contribution in [2.45, 2.75) is 13.0 Å². The van der Waals surface area contributed by atoms with E-state index in [1.807, 2.05) is 0 Å². The number of nitrogens with zero attached hydrogens (tertiary/aromatic N) is 1. The Balaban J connectivity index is 1.76. The van der Waals surface area contributed by atoms with E-state index in [1.54, 1.807) is 49.4 Å². The molecule has 0 spiro atoms. The molecule has 25 heavy (non-hydrogen) atoms. The van der Waals surface area contributed by atoms with E-state index in [9.17, 15) is 14.9 Å². The van der Waals surface area contributed by atoms with Gasteiger partial charge in [0, 0.05) is 24.2 Å². The number of nitro groups is 1. The molecule has 2 aromatic carbocycles. The molecule has 2 rings (SSSR count).